The molecule has 3 aromatic carbocycles. The monoisotopic (exact) mass is 489 g/mol. The Kier molecular flexibility index (Phi) is 9.08. The molecule has 4 rings (SSSR count). The Morgan fingerprint density at radius 2 is 1.28 bits per heavy atom. The Labute approximate surface area is 211 Å². The molecule has 0 aromatic heterocycles. The van der Waals surface area contributed by atoms with Gasteiger partial charge in [0.1, 0.15) is 24.4 Å². The summed E-state index contributed by atoms with van der Waals surface area (Å²) < 4.78 is 24.6. The lowest BCUT2D eigenvalue weighted by atomic mass is 9.91. The van der Waals surface area contributed by atoms with Crippen molar-refractivity contribution in [1.29, 1.82) is 0 Å². The molecule has 0 aliphatic carbocycles. The minimum Gasteiger partial charge on any atom is -0.374 e. The van der Waals surface area contributed by atoms with Gasteiger partial charge in [-0.15, -0.1) is 0 Å². The molecule has 0 amide bonds. The number of ether oxygens (including phenoxy) is 4. The summed E-state index contributed by atoms with van der Waals surface area (Å²) in [7, 11) is 0. The molecule has 0 bridgehead atoms. The topological polar surface area (TPSA) is 106 Å². The number of azide groups is 1. The van der Waals surface area contributed by atoms with Gasteiger partial charge < -0.3 is 24.1 Å². The summed E-state index contributed by atoms with van der Waals surface area (Å²) in [5.41, 5.74) is 12.2. The molecule has 8 nitrogen and oxygen atoms in total. The van der Waals surface area contributed by atoms with Gasteiger partial charge in [0, 0.05) is 4.91 Å². The van der Waals surface area contributed by atoms with Crippen LogP contribution < -0.4 is 0 Å². The molecule has 1 N–H and O–H groups in total. The maximum Gasteiger partial charge on any atom is 0.174 e. The summed E-state index contributed by atoms with van der Waals surface area (Å²) in [6, 6.07) is 28.2. The quantitative estimate of drug-likeness (QED) is 0.227. The molecular weight excluding hydrogens is 458 g/mol. The summed E-state index contributed by atoms with van der Waals surface area (Å²) in [4.78, 5) is 2.96. The van der Waals surface area contributed by atoms with Gasteiger partial charge in [-0.1, -0.05) is 96.1 Å². The number of nitrogens with zero attached hydrogens (tertiary/aromatic N) is 3. The first-order chi connectivity index (χ1) is 17.6. The molecule has 0 radical (unpaired) electrons. The molecule has 36 heavy (non-hydrogen) atoms. The highest BCUT2D eigenvalue weighted by Gasteiger charge is 2.52. The highest BCUT2D eigenvalue weighted by atomic mass is 16.7. The van der Waals surface area contributed by atoms with Gasteiger partial charge in [0.25, 0.3) is 0 Å². The number of aliphatic hydroxyl groups is 1. The summed E-state index contributed by atoms with van der Waals surface area (Å²) >= 11 is 0. The van der Waals surface area contributed by atoms with Gasteiger partial charge in [-0.2, -0.15) is 0 Å². The number of benzene rings is 3. The minimum atomic E-state index is -1.78. The first kappa shape index (κ1) is 25.9. The van der Waals surface area contributed by atoms with Gasteiger partial charge in [-0.3, -0.25) is 0 Å². The van der Waals surface area contributed by atoms with E-state index in [-0.39, 0.29) is 13.2 Å². The zero-order valence-electron chi connectivity index (χ0n) is 20.2. The lowest BCUT2D eigenvalue weighted by Gasteiger charge is -2.47. The zero-order valence-corrected chi connectivity index (χ0v) is 20.2. The van der Waals surface area contributed by atoms with Gasteiger partial charge in [-0.25, -0.2) is 0 Å². The molecule has 3 aromatic rings. The van der Waals surface area contributed by atoms with E-state index in [1.807, 2.05) is 91.0 Å². The predicted octanol–water partition coefficient (Wildman–Crippen LogP) is 5.16. The van der Waals surface area contributed by atoms with Crippen molar-refractivity contribution in [3.63, 3.8) is 0 Å². The van der Waals surface area contributed by atoms with Crippen molar-refractivity contribution in [2.24, 2.45) is 5.11 Å². The molecule has 1 aliphatic rings. The van der Waals surface area contributed by atoms with Crippen molar-refractivity contribution in [1.82, 2.24) is 0 Å². The Hall–Kier alpha value is -3.23. The van der Waals surface area contributed by atoms with Crippen LogP contribution in [0.3, 0.4) is 0 Å². The number of hydrogen-bond donors (Lipinski definition) is 1. The van der Waals surface area contributed by atoms with Crippen LogP contribution in [0, 0.1) is 0 Å². The molecule has 1 saturated heterocycles. The lowest BCUT2D eigenvalue weighted by Crippen LogP contribution is -2.64. The maximum atomic E-state index is 11.1. The lowest BCUT2D eigenvalue weighted by molar-refractivity contribution is -0.321. The van der Waals surface area contributed by atoms with E-state index in [4.69, 9.17) is 18.9 Å². The molecular formula is C28H31N3O5. The van der Waals surface area contributed by atoms with Crippen molar-refractivity contribution in [2.75, 3.05) is 6.61 Å². The molecule has 188 valence electrons. The van der Waals surface area contributed by atoms with Crippen molar-refractivity contribution in [2.45, 2.75) is 56.9 Å². The van der Waals surface area contributed by atoms with Crippen molar-refractivity contribution in [3.8, 4) is 0 Å². The first-order valence-corrected chi connectivity index (χ1v) is 11.9. The van der Waals surface area contributed by atoms with E-state index in [1.165, 1.54) is 6.92 Å². The molecule has 0 unspecified atom stereocenters. The largest absolute Gasteiger partial charge is 0.374 e. The second-order valence-corrected chi connectivity index (χ2v) is 8.88. The molecule has 1 heterocycles. The van der Waals surface area contributed by atoms with Crippen LogP contribution in [0.25, 0.3) is 10.4 Å². The van der Waals surface area contributed by atoms with Gasteiger partial charge in [-0.05, 0) is 29.1 Å². The van der Waals surface area contributed by atoms with Crippen LogP contribution in [0.4, 0.5) is 0 Å². The highest BCUT2D eigenvalue weighted by Crippen LogP contribution is 2.35. The molecule has 5 atom stereocenters. The fourth-order valence-electron chi connectivity index (χ4n) is 4.29. The number of hydrogen-bond acceptors (Lipinski definition) is 6. The SMILES string of the molecule is C[C@]1(O)O[C@H](COCc2ccccc2)[C@@H](OCc2ccccc2)[C@H](OCc2ccccc2)[C@H]1N=[N+]=[N-]. The normalized spacial score (nSPS) is 25.7. The van der Waals surface area contributed by atoms with Crippen molar-refractivity contribution < 1.29 is 24.1 Å². The van der Waals surface area contributed by atoms with Crippen LogP contribution in [-0.2, 0) is 38.8 Å². The molecule has 0 saturated carbocycles. The van der Waals surface area contributed by atoms with E-state index in [0.29, 0.717) is 13.2 Å². The fraction of sp³-hybridized carbons (Fsp3) is 0.357. The van der Waals surface area contributed by atoms with E-state index >= 15 is 0 Å². The average Bonchev–Trinajstić information content (AvgIpc) is 2.90. The second-order valence-electron chi connectivity index (χ2n) is 8.88. The van der Waals surface area contributed by atoms with E-state index < -0.39 is 30.1 Å². The summed E-state index contributed by atoms with van der Waals surface area (Å²) in [6.45, 7) is 2.55. The number of rotatable bonds is 11. The van der Waals surface area contributed by atoms with Crippen LogP contribution in [-0.4, -0.2) is 41.9 Å². The maximum absolute atomic E-state index is 11.1. The van der Waals surface area contributed by atoms with Crippen LogP contribution >= 0.6 is 0 Å². The van der Waals surface area contributed by atoms with Gasteiger partial charge >= 0.3 is 0 Å². The Bertz CT molecular complexity index is 1110. The smallest absolute Gasteiger partial charge is 0.174 e. The Morgan fingerprint density at radius 3 is 1.78 bits per heavy atom. The van der Waals surface area contributed by atoms with E-state index in [9.17, 15) is 10.6 Å². The predicted molar refractivity (Wildman–Crippen MR) is 135 cm³/mol. The molecule has 8 heteroatoms. The minimum absolute atomic E-state index is 0.151. The zero-order chi connectivity index (χ0) is 25.2. The first-order valence-electron chi connectivity index (χ1n) is 11.9. The second kappa shape index (κ2) is 12.6. The molecule has 1 aliphatic heterocycles. The third-order valence-electron chi connectivity index (χ3n) is 6.08. The average molecular weight is 490 g/mol. The fourth-order valence-corrected chi connectivity index (χ4v) is 4.29. The molecule has 1 fully saturated rings. The van der Waals surface area contributed by atoms with E-state index in [1.54, 1.807) is 0 Å². The Balaban J connectivity index is 1.56. The van der Waals surface area contributed by atoms with Crippen LogP contribution in [0.2, 0.25) is 0 Å². The summed E-state index contributed by atoms with van der Waals surface area (Å²) in [6.07, 6.45) is -2.11. The van der Waals surface area contributed by atoms with Crippen LogP contribution in [0.5, 0.6) is 0 Å². The summed E-state index contributed by atoms with van der Waals surface area (Å²) in [5, 5.41) is 15.0. The van der Waals surface area contributed by atoms with Crippen molar-refractivity contribution in [3.05, 3.63) is 118 Å². The standard InChI is InChI=1S/C28H31N3O5/c1-28(32)27(30-31-29)26(35-19-23-15-9-4-10-16-23)25(34-18-22-13-7-3-8-14-22)24(36-28)20-33-17-21-11-5-2-6-12-21/h2-16,24-27,32H,17-20H2,1H3/t24-,25-,26+,27-,28+/m1/s1. The van der Waals surface area contributed by atoms with Crippen LogP contribution in [0.1, 0.15) is 23.6 Å². The van der Waals surface area contributed by atoms with E-state index in [2.05, 4.69) is 10.0 Å². The van der Waals surface area contributed by atoms with Gasteiger partial charge in [0.05, 0.1) is 26.4 Å². The third-order valence-corrected chi connectivity index (χ3v) is 6.08. The van der Waals surface area contributed by atoms with Crippen molar-refractivity contribution >= 4 is 0 Å². The van der Waals surface area contributed by atoms with Gasteiger partial charge in [0.15, 0.2) is 5.79 Å². The summed E-state index contributed by atoms with van der Waals surface area (Å²) in [5.74, 6) is -1.78. The molecule has 0 spiro atoms. The van der Waals surface area contributed by atoms with E-state index in [0.717, 1.165) is 16.7 Å². The third kappa shape index (κ3) is 6.92. The van der Waals surface area contributed by atoms with Gasteiger partial charge in [0.2, 0.25) is 0 Å². The van der Waals surface area contributed by atoms with Crippen LogP contribution in [0.15, 0.2) is 96.1 Å². The highest BCUT2D eigenvalue weighted by molar-refractivity contribution is 5.15. The Morgan fingerprint density at radius 1 is 0.806 bits per heavy atom.